The first-order chi connectivity index (χ1) is 11.7. The van der Waals surface area contributed by atoms with Crippen LogP contribution in [0.15, 0.2) is 12.7 Å². The molecule has 0 aromatic carbocycles. The first-order valence-electron chi connectivity index (χ1n) is 8.92. The highest BCUT2D eigenvalue weighted by atomic mass is 16.2. The Morgan fingerprint density at radius 3 is 2.75 bits per heavy atom. The molecule has 1 saturated carbocycles. The van der Waals surface area contributed by atoms with E-state index in [-0.39, 0.29) is 11.9 Å². The summed E-state index contributed by atoms with van der Waals surface area (Å²) in [6.45, 7) is 0. The number of rotatable bonds is 3. The molecule has 1 amide bonds. The van der Waals surface area contributed by atoms with Gasteiger partial charge in [0.15, 0.2) is 0 Å². The molecule has 24 heavy (non-hydrogen) atoms. The third kappa shape index (κ3) is 2.83. The lowest BCUT2D eigenvalue weighted by Crippen LogP contribution is -2.39. The van der Waals surface area contributed by atoms with Gasteiger partial charge < -0.3 is 5.32 Å². The van der Waals surface area contributed by atoms with Gasteiger partial charge in [-0.1, -0.05) is 0 Å². The van der Waals surface area contributed by atoms with Gasteiger partial charge in [0, 0.05) is 18.7 Å². The quantitative estimate of drug-likeness (QED) is 0.932. The van der Waals surface area contributed by atoms with Gasteiger partial charge in [0.25, 0.3) is 5.91 Å². The number of hydrogen-bond acceptors (Lipinski definition) is 4. The van der Waals surface area contributed by atoms with Crippen LogP contribution in [0.1, 0.15) is 66.3 Å². The fourth-order valence-corrected chi connectivity index (χ4v) is 4.11. The van der Waals surface area contributed by atoms with E-state index >= 15 is 0 Å². The minimum Gasteiger partial charge on any atom is -0.348 e. The van der Waals surface area contributed by atoms with Crippen LogP contribution in [0, 0.1) is 0 Å². The first-order valence-corrected chi connectivity index (χ1v) is 8.92. The molecule has 2 aromatic rings. The standard InChI is InChI=1S/C17H24N6O/c1-22-16(14-4-2-3-5-15(14)21-22)17(24)20-12-6-8-13(9-7-12)23-11-18-10-19-23/h10-13H,2-9H2,1H3,(H,20,24). The molecule has 7 heteroatoms. The number of amides is 1. The summed E-state index contributed by atoms with van der Waals surface area (Å²) in [6.07, 6.45) is 11.7. The van der Waals surface area contributed by atoms with Crippen LogP contribution in [-0.2, 0) is 19.9 Å². The van der Waals surface area contributed by atoms with Gasteiger partial charge in [-0.3, -0.25) is 9.48 Å². The third-order valence-electron chi connectivity index (χ3n) is 5.38. The number of carbonyl (C=O) groups excluding carboxylic acids is 1. The third-order valence-corrected chi connectivity index (χ3v) is 5.38. The van der Waals surface area contributed by atoms with E-state index in [9.17, 15) is 4.79 Å². The zero-order chi connectivity index (χ0) is 16.5. The van der Waals surface area contributed by atoms with Gasteiger partial charge in [0.1, 0.15) is 18.3 Å². The molecule has 0 radical (unpaired) electrons. The molecule has 0 saturated heterocycles. The van der Waals surface area contributed by atoms with Crippen LogP contribution in [0.3, 0.4) is 0 Å². The van der Waals surface area contributed by atoms with Gasteiger partial charge >= 0.3 is 0 Å². The number of aryl methyl sites for hydroxylation is 2. The summed E-state index contributed by atoms with van der Waals surface area (Å²) < 4.78 is 3.71. The molecule has 0 spiro atoms. The Kier molecular flexibility index (Phi) is 4.08. The fourth-order valence-electron chi connectivity index (χ4n) is 4.11. The van der Waals surface area contributed by atoms with Crippen molar-refractivity contribution in [3.63, 3.8) is 0 Å². The van der Waals surface area contributed by atoms with E-state index in [0.29, 0.717) is 6.04 Å². The molecule has 2 heterocycles. The molecule has 0 aliphatic heterocycles. The zero-order valence-corrected chi connectivity index (χ0v) is 14.1. The summed E-state index contributed by atoms with van der Waals surface area (Å²) in [5, 5.41) is 12.0. The van der Waals surface area contributed by atoms with Crippen LogP contribution >= 0.6 is 0 Å². The molecule has 128 valence electrons. The van der Waals surface area contributed by atoms with Crippen molar-refractivity contribution in [2.24, 2.45) is 7.05 Å². The Morgan fingerprint density at radius 2 is 2.00 bits per heavy atom. The molecular weight excluding hydrogens is 304 g/mol. The summed E-state index contributed by atoms with van der Waals surface area (Å²) >= 11 is 0. The minimum atomic E-state index is 0.0392. The molecule has 4 rings (SSSR count). The number of aromatic nitrogens is 5. The second-order valence-electron chi connectivity index (χ2n) is 6.96. The van der Waals surface area contributed by atoms with Crippen LogP contribution in [0.4, 0.5) is 0 Å². The highest BCUT2D eigenvalue weighted by molar-refractivity contribution is 5.94. The Labute approximate surface area is 141 Å². The number of hydrogen-bond donors (Lipinski definition) is 1. The minimum absolute atomic E-state index is 0.0392. The van der Waals surface area contributed by atoms with E-state index < -0.39 is 0 Å². The smallest absolute Gasteiger partial charge is 0.270 e. The molecule has 2 aromatic heterocycles. The summed E-state index contributed by atoms with van der Waals surface area (Å²) in [4.78, 5) is 16.8. The number of nitrogens with one attached hydrogen (secondary N) is 1. The number of nitrogens with zero attached hydrogens (tertiary/aromatic N) is 5. The number of fused-ring (bicyclic) bond motifs is 1. The molecule has 0 unspecified atom stereocenters. The zero-order valence-electron chi connectivity index (χ0n) is 14.1. The van der Waals surface area contributed by atoms with Crippen molar-refractivity contribution < 1.29 is 4.79 Å². The van der Waals surface area contributed by atoms with E-state index in [1.807, 2.05) is 11.7 Å². The van der Waals surface area contributed by atoms with Crippen molar-refractivity contribution in [2.75, 3.05) is 0 Å². The number of carbonyl (C=O) groups is 1. The molecule has 0 atom stereocenters. The lowest BCUT2D eigenvalue weighted by molar-refractivity contribution is 0.0911. The van der Waals surface area contributed by atoms with E-state index in [1.165, 1.54) is 6.42 Å². The van der Waals surface area contributed by atoms with Gasteiger partial charge in [-0.15, -0.1) is 0 Å². The Morgan fingerprint density at radius 1 is 1.21 bits per heavy atom. The maximum atomic E-state index is 12.8. The largest absolute Gasteiger partial charge is 0.348 e. The van der Waals surface area contributed by atoms with Crippen molar-refractivity contribution in [1.82, 2.24) is 29.9 Å². The van der Waals surface area contributed by atoms with E-state index in [2.05, 4.69) is 20.5 Å². The maximum absolute atomic E-state index is 12.8. The average Bonchev–Trinajstić information content (AvgIpc) is 3.22. The lowest BCUT2D eigenvalue weighted by Gasteiger charge is -2.29. The van der Waals surface area contributed by atoms with Gasteiger partial charge in [0.05, 0.1) is 11.7 Å². The van der Waals surface area contributed by atoms with Crippen molar-refractivity contribution in [1.29, 1.82) is 0 Å². The molecule has 1 N–H and O–H groups in total. The molecule has 2 aliphatic rings. The van der Waals surface area contributed by atoms with Crippen LogP contribution in [0.2, 0.25) is 0 Å². The van der Waals surface area contributed by atoms with E-state index in [4.69, 9.17) is 0 Å². The monoisotopic (exact) mass is 328 g/mol. The molecular formula is C17H24N6O. The molecule has 2 aliphatic carbocycles. The Hall–Kier alpha value is -2.18. The Balaban J connectivity index is 1.40. The van der Waals surface area contributed by atoms with Gasteiger partial charge in [0.2, 0.25) is 0 Å². The van der Waals surface area contributed by atoms with Crippen molar-refractivity contribution in [2.45, 2.75) is 63.5 Å². The summed E-state index contributed by atoms with van der Waals surface area (Å²) in [6, 6.07) is 0.650. The lowest BCUT2D eigenvalue weighted by atomic mass is 9.91. The van der Waals surface area contributed by atoms with Gasteiger partial charge in [-0.2, -0.15) is 10.2 Å². The van der Waals surface area contributed by atoms with E-state index in [0.717, 1.165) is 61.9 Å². The van der Waals surface area contributed by atoms with Crippen LogP contribution in [-0.4, -0.2) is 36.5 Å². The van der Waals surface area contributed by atoms with Crippen LogP contribution < -0.4 is 5.32 Å². The second-order valence-corrected chi connectivity index (χ2v) is 6.96. The average molecular weight is 328 g/mol. The summed E-state index contributed by atoms with van der Waals surface area (Å²) in [5.74, 6) is 0.0392. The van der Waals surface area contributed by atoms with Crippen molar-refractivity contribution in [3.05, 3.63) is 29.6 Å². The second kappa shape index (κ2) is 6.37. The molecule has 1 fully saturated rings. The van der Waals surface area contributed by atoms with E-state index in [1.54, 1.807) is 17.3 Å². The maximum Gasteiger partial charge on any atom is 0.270 e. The van der Waals surface area contributed by atoms with Gasteiger partial charge in [-0.05, 0) is 51.4 Å². The predicted molar refractivity (Wildman–Crippen MR) is 88.6 cm³/mol. The van der Waals surface area contributed by atoms with Crippen LogP contribution in [0.5, 0.6) is 0 Å². The molecule has 7 nitrogen and oxygen atoms in total. The van der Waals surface area contributed by atoms with Crippen LogP contribution in [0.25, 0.3) is 0 Å². The van der Waals surface area contributed by atoms with Gasteiger partial charge in [-0.25, -0.2) is 9.67 Å². The Bertz CT molecular complexity index is 712. The highest BCUT2D eigenvalue weighted by Crippen LogP contribution is 2.28. The predicted octanol–water partition coefficient (Wildman–Crippen LogP) is 1.80. The van der Waals surface area contributed by atoms with Crippen molar-refractivity contribution >= 4 is 5.91 Å². The normalized spacial score (nSPS) is 23.7. The fraction of sp³-hybridized carbons (Fsp3) is 0.647. The summed E-state index contributed by atoms with van der Waals surface area (Å²) in [7, 11) is 1.88. The topological polar surface area (TPSA) is 77.6 Å². The molecule has 0 bridgehead atoms. The highest BCUT2D eigenvalue weighted by Gasteiger charge is 2.28. The summed E-state index contributed by atoms with van der Waals surface area (Å²) in [5.41, 5.74) is 3.05. The first kappa shape index (κ1) is 15.4. The SMILES string of the molecule is Cn1nc2c(c1C(=O)NC1CCC(n3cncn3)CC1)CCCC2. The van der Waals surface area contributed by atoms with Crippen molar-refractivity contribution in [3.8, 4) is 0 Å².